The molecule has 0 aliphatic carbocycles. The van der Waals surface area contributed by atoms with Crippen LogP contribution in [0, 0.1) is 5.82 Å². The number of carboxylic acids is 1. The Bertz CT molecular complexity index is 586. The molecule has 0 atom stereocenters. The van der Waals surface area contributed by atoms with Gasteiger partial charge >= 0.3 is 5.97 Å². The minimum atomic E-state index is -4.08. The molecule has 1 aromatic rings. The number of carbonyl (C=O) groups is 1. The second-order valence-corrected chi connectivity index (χ2v) is 6.20. The summed E-state index contributed by atoms with van der Waals surface area (Å²) in [6.45, 7) is 2.38. The van der Waals surface area contributed by atoms with Crippen LogP contribution >= 0.6 is 11.6 Å². The number of hydrogen-bond donors (Lipinski definition) is 2. The summed E-state index contributed by atoms with van der Waals surface area (Å²) in [4.78, 5) is 10.5. The molecule has 18 heavy (non-hydrogen) atoms. The Balaban J connectivity index is 3.15. The number of nitrogens with one attached hydrogen (secondary N) is 1. The van der Waals surface area contributed by atoms with E-state index in [0.717, 1.165) is 18.2 Å². The smallest absolute Gasteiger partial charge is 0.324 e. The van der Waals surface area contributed by atoms with Crippen LogP contribution in [0.3, 0.4) is 0 Å². The largest absolute Gasteiger partial charge is 0.480 e. The Hall–Kier alpha value is -1.18. The van der Waals surface area contributed by atoms with Gasteiger partial charge in [-0.2, -0.15) is 4.72 Å². The predicted molar refractivity (Wildman–Crippen MR) is 63.4 cm³/mol. The summed E-state index contributed by atoms with van der Waals surface area (Å²) in [5, 5.41) is 8.48. The van der Waals surface area contributed by atoms with Gasteiger partial charge in [-0.3, -0.25) is 4.79 Å². The van der Waals surface area contributed by atoms with Gasteiger partial charge in [0.05, 0.1) is 9.92 Å². The van der Waals surface area contributed by atoms with E-state index in [1.54, 1.807) is 0 Å². The summed E-state index contributed by atoms with van der Waals surface area (Å²) < 4.78 is 38.6. The SMILES string of the molecule is CC(C)(NS(=O)(=O)c1ccc(F)c(Cl)c1)C(=O)O. The van der Waals surface area contributed by atoms with Crippen molar-refractivity contribution < 1.29 is 22.7 Å². The lowest BCUT2D eigenvalue weighted by Crippen LogP contribution is -2.49. The topological polar surface area (TPSA) is 83.5 Å². The second-order valence-electron chi connectivity index (χ2n) is 4.11. The van der Waals surface area contributed by atoms with Crippen LogP contribution in [0.15, 0.2) is 23.1 Å². The van der Waals surface area contributed by atoms with E-state index in [2.05, 4.69) is 0 Å². The molecule has 0 amide bonds. The van der Waals surface area contributed by atoms with Crippen molar-refractivity contribution >= 4 is 27.6 Å². The number of rotatable bonds is 4. The number of sulfonamides is 1. The summed E-state index contributed by atoms with van der Waals surface area (Å²) in [5.74, 6) is -2.09. The Labute approximate surface area is 109 Å². The van der Waals surface area contributed by atoms with Crippen molar-refractivity contribution in [1.82, 2.24) is 4.72 Å². The maximum Gasteiger partial charge on any atom is 0.324 e. The molecule has 8 heteroatoms. The lowest BCUT2D eigenvalue weighted by atomic mass is 10.1. The molecule has 100 valence electrons. The number of aliphatic carboxylic acids is 1. The van der Waals surface area contributed by atoms with Gasteiger partial charge in [0.15, 0.2) is 0 Å². The summed E-state index contributed by atoms with van der Waals surface area (Å²) in [6, 6.07) is 2.81. The number of halogens is 2. The van der Waals surface area contributed by atoms with Crippen LogP contribution in [0.1, 0.15) is 13.8 Å². The Kier molecular flexibility index (Phi) is 3.99. The first-order valence-corrected chi connectivity index (χ1v) is 6.65. The first kappa shape index (κ1) is 14.9. The molecule has 0 aliphatic heterocycles. The van der Waals surface area contributed by atoms with Crippen LogP contribution in [-0.4, -0.2) is 25.0 Å². The maximum absolute atomic E-state index is 12.9. The lowest BCUT2D eigenvalue weighted by molar-refractivity contribution is -0.142. The van der Waals surface area contributed by atoms with Gasteiger partial charge in [0.1, 0.15) is 11.4 Å². The van der Waals surface area contributed by atoms with Crippen molar-refractivity contribution in [2.24, 2.45) is 0 Å². The first-order chi connectivity index (χ1) is 8.06. The van der Waals surface area contributed by atoms with E-state index < -0.39 is 27.3 Å². The highest BCUT2D eigenvalue weighted by molar-refractivity contribution is 7.89. The van der Waals surface area contributed by atoms with Gasteiger partial charge in [0.25, 0.3) is 0 Å². The molecule has 5 nitrogen and oxygen atoms in total. The zero-order valence-electron chi connectivity index (χ0n) is 9.57. The molecule has 2 N–H and O–H groups in total. The molecule has 0 aliphatic rings. The number of benzene rings is 1. The third-order valence-corrected chi connectivity index (χ3v) is 4.07. The van der Waals surface area contributed by atoms with Crippen molar-refractivity contribution in [3.05, 3.63) is 29.0 Å². The Morgan fingerprint density at radius 2 is 2.00 bits per heavy atom. The number of carboxylic acid groups (broad SMARTS) is 1. The highest BCUT2D eigenvalue weighted by atomic mass is 35.5. The zero-order chi connectivity index (χ0) is 14.1. The van der Waals surface area contributed by atoms with Crippen molar-refractivity contribution in [3.8, 4) is 0 Å². The molecule has 0 fully saturated rings. The van der Waals surface area contributed by atoms with Crippen molar-refractivity contribution in [2.75, 3.05) is 0 Å². The van der Waals surface area contributed by atoms with Crippen LogP contribution in [0.25, 0.3) is 0 Å². The van der Waals surface area contributed by atoms with Crippen LogP contribution in [0.5, 0.6) is 0 Å². The van der Waals surface area contributed by atoms with E-state index in [1.165, 1.54) is 13.8 Å². The van der Waals surface area contributed by atoms with Gasteiger partial charge < -0.3 is 5.11 Å². The third-order valence-electron chi connectivity index (χ3n) is 2.13. The van der Waals surface area contributed by atoms with Crippen LogP contribution < -0.4 is 4.72 Å². The van der Waals surface area contributed by atoms with Gasteiger partial charge in [-0.15, -0.1) is 0 Å². The van der Waals surface area contributed by atoms with Crippen molar-refractivity contribution in [3.63, 3.8) is 0 Å². The van der Waals surface area contributed by atoms with Gasteiger partial charge in [-0.25, -0.2) is 12.8 Å². The molecule has 0 bridgehead atoms. The minimum absolute atomic E-state index is 0.303. The van der Waals surface area contributed by atoms with Crippen molar-refractivity contribution in [1.29, 1.82) is 0 Å². The molecule has 0 unspecified atom stereocenters. The van der Waals surface area contributed by atoms with E-state index >= 15 is 0 Å². The average Bonchev–Trinajstić information content (AvgIpc) is 2.20. The molecule has 0 aromatic heterocycles. The van der Waals surface area contributed by atoms with Gasteiger partial charge in [-0.05, 0) is 32.0 Å². The molecular weight excluding hydrogens is 285 g/mol. The fourth-order valence-corrected chi connectivity index (χ4v) is 2.72. The van der Waals surface area contributed by atoms with Gasteiger partial charge in [0, 0.05) is 0 Å². The molecule has 1 aromatic carbocycles. The highest BCUT2D eigenvalue weighted by Crippen LogP contribution is 2.20. The van der Waals surface area contributed by atoms with Crippen LogP contribution in [-0.2, 0) is 14.8 Å². The fraction of sp³-hybridized carbons (Fsp3) is 0.300. The summed E-state index contributed by atoms with van der Waals surface area (Å²) in [6.07, 6.45) is 0. The molecule has 0 spiro atoms. The quantitative estimate of drug-likeness (QED) is 0.884. The second kappa shape index (κ2) is 4.83. The van der Waals surface area contributed by atoms with Gasteiger partial charge in [0.2, 0.25) is 10.0 Å². The first-order valence-electron chi connectivity index (χ1n) is 4.79. The zero-order valence-corrected chi connectivity index (χ0v) is 11.1. The van der Waals surface area contributed by atoms with Crippen LogP contribution in [0.4, 0.5) is 4.39 Å². The normalized spacial score (nSPS) is 12.4. The number of hydrogen-bond acceptors (Lipinski definition) is 3. The van der Waals surface area contributed by atoms with Crippen molar-refractivity contribution in [2.45, 2.75) is 24.3 Å². The highest BCUT2D eigenvalue weighted by Gasteiger charge is 2.33. The third kappa shape index (κ3) is 3.18. The monoisotopic (exact) mass is 295 g/mol. The minimum Gasteiger partial charge on any atom is -0.480 e. The molecule has 0 heterocycles. The Morgan fingerprint density at radius 1 is 1.44 bits per heavy atom. The summed E-state index contributed by atoms with van der Waals surface area (Å²) in [7, 11) is -4.08. The van der Waals surface area contributed by atoms with Crippen LogP contribution in [0.2, 0.25) is 5.02 Å². The summed E-state index contributed by atoms with van der Waals surface area (Å²) in [5.41, 5.74) is -1.68. The fourth-order valence-electron chi connectivity index (χ4n) is 1.08. The molecular formula is C10H11ClFNO4S. The van der Waals surface area contributed by atoms with E-state index in [0.29, 0.717) is 0 Å². The van der Waals surface area contributed by atoms with E-state index in [9.17, 15) is 17.6 Å². The average molecular weight is 296 g/mol. The van der Waals surface area contributed by atoms with E-state index in [4.69, 9.17) is 16.7 Å². The molecule has 0 saturated carbocycles. The molecule has 0 saturated heterocycles. The maximum atomic E-state index is 12.9. The standard InChI is InChI=1S/C10H11ClFNO4S/c1-10(2,9(14)15)13-18(16,17)6-3-4-8(12)7(11)5-6/h3-5,13H,1-2H3,(H,14,15). The van der Waals surface area contributed by atoms with E-state index in [-0.39, 0.29) is 9.92 Å². The lowest BCUT2D eigenvalue weighted by Gasteiger charge is -2.20. The molecule has 0 radical (unpaired) electrons. The van der Waals surface area contributed by atoms with E-state index in [1.807, 2.05) is 4.72 Å². The van der Waals surface area contributed by atoms with Gasteiger partial charge in [-0.1, -0.05) is 11.6 Å². The predicted octanol–water partition coefficient (Wildman–Crippen LogP) is 1.62. The molecule has 1 rings (SSSR count). The Morgan fingerprint density at radius 3 is 2.44 bits per heavy atom. The summed E-state index contributed by atoms with van der Waals surface area (Å²) >= 11 is 5.47.